The molecule has 0 bridgehead atoms. The Balaban J connectivity index is 2.15. The van der Waals surface area contributed by atoms with Crippen LogP contribution in [-0.2, 0) is 6.42 Å². The minimum absolute atomic E-state index is 1.05. The molecule has 4 heteroatoms. The maximum atomic E-state index is 3.85. The largest absolute Gasteiger partial charge is 0.138 e. The number of aromatic nitrogens is 3. The molecule has 1 heterocycles. The monoisotopic (exact) mass is 157 g/mol. The minimum atomic E-state index is 1.05. The summed E-state index contributed by atoms with van der Waals surface area (Å²) in [6.07, 6.45) is 4.80. The Morgan fingerprint density at radius 2 is 2.30 bits per heavy atom. The van der Waals surface area contributed by atoms with Crippen LogP contribution in [0, 0.1) is 0 Å². The SMILES string of the molecule is CCCCCc1nnns1. The number of hydrogen-bond acceptors (Lipinski definition) is 4. The van der Waals surface area contributed by atoms with Gasteiger partial charge >= 0.3 is 0 Å². The molecule has 0 unspecified atom stereocenters. The first-order chi connectivity index (χ1) is 4.93. The molecule has 1 aromatic heterocycles. The number of hydrogen-bond donors (Lipinski definition) is 0. The molecule has 0 atom stereocenters. The van der Waals surface area contributed by atoms with Gasteiger partial charge in [-0.1, -0.05) is 24.3 Å². The lowest BCUT2D eigenvalue weighted by molar-refractivity contribution is 0.708. The van der Waals surface area contributed by atoms with E-state index in [9.17, 15) is 0 Å². The number of nitrogens with zero attached hydrogens (tertiary/aromatic N) is 3. The average molecular weight is 157 g/mol. The highest BCUT2D eigenvalue weighted by atomic mass is 32.1. The molecule has 10 heavy (non-hydrogen) atoms. The standard InChI is InChI=1S/C6H11N3S/c1-2-3-4-5-6-7-8-9-10-6/h2-5H2,1H3. The number of unbranched alkanes of at least 4 members (excludes halogenated alkanes) is 2. The van der Waals surface area contributed by atoms with Gasteiger partial charge in [0.2, 0.25) is 0 Å². The molecular weight excluding hydrogens is 146 g/mol. The Kier molecular flexibility index (Phi) is 3.29. The van der Waals surface area contributed by atoms with Gasteiger partial charge < -0.3 is 0 Å². The van der Waals surface area contributed by atoms with E-state index in [1.165, 1.54) is 30.8 Å². The average Bonchev–Trinajstić information content (AvgIpc) is 2.41. The molecule has 0 N–H and O–H groups in total. The summed E-state index contributed by atoms with van der Waals surface area (Å²) < 4.78 is 3.68. The van der Waals surface area contributed by atoms with Crippen molar-refractivity contribution in [3.63, 3.8) is 0 Å². The Hall–Kier alpha value is -0.510. The molecule has 3 nitrogen and oxygen atoms in total. The fraction of sp³-hybridized carbons (Fsp3) is 0.833. The third-order valence-corrected chi connectivity index (χ3v) is 1.98. The van der Waals surface area contributed by atoms with Gasteiger partial charge in [0.25, 0.3) is 0 Å². The Morgan fingerprint density at radius 1 is 1.40 bits per heavy atom. The molecule has 56 valence electrons. The van der Waals surface area contributed by atoms with Crippen molar-refractivity contribution >= 4 is 11.5 Å². The van der Waals surface area contributed by atoms with Gasteiger partial charge in [-0.2, -0.15) is 0 Å². The molecule has 0 aliphatic rings. The van der Waals surface area contributed by atoms with Crippen LogP contribution in [-0.4, -0.2) is 14.8 Å². The summed E-state index contributed by atoms with van der Waals surface area (Å²) in [7, 11) is 0. The molecule has 0 saturated carbocycles. The Bertz CT molecular complexity index is 162. The van der Waals surface area contributed by atoms with Crippen LogP contribution in [0.3, 0.4) is 0 Å². The van der Waals surface area contributed by atoms with E-state index in [0.29, 0.717) is 0 Å². The predicted octanol–water partition coefficient (Wildman–Crippen LogP) is 1.67. The summed E-state index contributed by atoms with van der Waals surface area (Å²) in [5, 5.41) is 8.43. The number of aryl methyl sites for hydroxylation is 1. The minimum Gasteiger partial charge on any atom is -0.122 e. The zero-order valence-electron chi connectivity index (χ0n) is 6.08. The van der Waals surface area contributed by atoms with Crippen LogP contribution in [0.15, 0.2) is 0 Å². The Morgan fingerprint density at radius 3 is 2.90 bits per heavy atom. The quantitative estimate of drug-likeness (QED) is 0.624. The summed E-state index contributed by atoms with van der Waals surface area (Å²) in [5.74, 6) is 0. The third kappa shape index (κ3) is 2.39. The first kappa shape index (κ1) is 7.60. The molecule has 0 fully saturated rings. The fourth-order valence-electron chi connectivity index (χ4n) is 0.774. The second kappa shape index (κ2) is 4.33. The molecular formula is C6H11N3S. The maximum Gasteiger partial charge on any atom is 0.138 e. The van der Waals surface area contributed by atoms with E-state index in [-0.39, 0.29) is 0 Å². The van der Waals surface area contributed by atoms with Gasteiger partial charge in [0.1, 0.15) is 5.01 Å². The van der Waals surface area contributed by atoms with Crippen LogP contribution >= 0.6 is 11.5 Å². The van der Waals surface area contributed by atoms with Gasteiger partial charge in [-0.15, -0.1) is 5.10 Å². The van der Waals surface area contributed by atoms with Crippen LogP contribution in [0.2, 0.25) is 0 Å². The highest BCUT2D eigenvalue weighted by Crippen LogP contribution is 2.04. The second-order valence-corrected chi connectivity index (χ2v) is 3.03. The summed E-state index contributed by atoms with van der Waals surface area (Å²) in [6, 6.07) is 0. The molecule has 0 aliphatic carbocycles. The van der Waals surface area contributed by atoms with Gasteiger partial charge in [-0.3, -0.25) is 0 Å². The topological polar surface area (TPSA) is 38.7 Å². The highest BCUT2D eigenvalue weighted by molar-refractivity contribution is 7.05. The predicted molar refractivity (Wildman–Crippen MR) is 40.9 cm³/mol. The van der Waals surface area contributed by atoms with Gasteiger partial charge in [0.05, 0.1) is 0 Å². The molecule has 0 saturated heterocycles. The van der Waals surface area contributed by atoms with Crippen LogP contribution in [0.1, 0.15) is 31.2 Å². The van der Waals surface area contributed by atoms with Crippen molar-refractivity contribution in [1.82, 2.24) is 14.8 Å². The van der Waals surface area contributed by atoms with Crippen LogP contribution in [0.5, 0.6) is 0 Å². The van der Waals surface area contributed by atoms with E-state index in [2.05, 4.69) is 21.7 Å². The molecule has 0 amide bonds. The summed E-state index contributed by atoms with van der Waals surface area (Å²) in [5.41, 5.74) is 0. The van der Waals surface area contributed by atoms with Gasteiger partial charge in [-0.05, 0) is 11.6 Å². The van der Waals surface area contributed by atoms with Crippen molar-refractivity contribution in [2.75, 3.05) is 0 Å². The summed E-state index contributed by atoms with van der Waals surface area (Å²) >= 11 is 1.40. The van der Waals surface area contributed by atoms with Crippen molar-refractivity contribution in [2.45, 2.75) is 32.6 Å². The smallest absolute Gasteiger partial charge is 0.122 e. The van der Waals surface area contributed by atoms with Gasteiger partial charge in [0, 0.05) is 18.0 Å². The molecule has 1 aromatic rings. The van der Waals surface area contributed by atoms with Crippen LogP contribution < -0.4 is 0 Å². The van der Waals surface area contributed by atoms with Gasteiger partial charge in [-0.25, -0.2) is 0 Å². The number of rotatable bonds is 4. The third-order valence-electron chi connectivity index (χ3n) is 1.33. The first-order valence-corrected chi connectivity index (χ1v) is 4.34. The fourth-order valence-corrected chi connectivity index (χ4v) is 1.25. The van der Waals surface area contributed by atoms with E-state index in [1.54, 1.807) is 0 Å². The van der Waals surface area contributed by atoms with E-state index in [4.69, 9.17) is 0 Å². The van der Waals surface area contributed by atoms with Crippen LogP contribution in [0.4, 0.5) is 0 Å². The summed E-state index contributed by atoms with van der Waals surface area (Å²) in [4.78, 5) is 0. The molecule has 0 spiro atoms. The van der Waals surface area contributed by atoms with Crippen molar-refractivity contribution in [2.24, 2.45) is 0 Å². The normalized spacial score (nSPS) is 10.1. The lowest BCUT2D eigenvalue weighted by atomic mass is 10.2. The molecule has 0 aliphatic heterocycles. The van der Waals surface area contributed by atoms with Crippen molar-refractivity contribution < 1.29 is 0 Å². The van der Waals surface area contributed by atoms with Crippen molar-refractivity contribution in [3.8, 4) is 0 Å². The van der Waals surface area contributed by atoms with Gasteiger partial charge in [0.15, 0.2) is 0 Å². The Labute approximate surface area is 64.6 Å². The maximum absolute atomic E-state index is 3.85. The first-order valence-electron chi connectivity index (χ1n) is 3.57. The molecule has 0 aromatic carbocycles. The summed E-state index contributed by atoms with van der Waals surface area (Å²) in [6.45, 7) is 2.19. The molecule has 0 radical (unpaired) electrons. The van der Waals surface area contributed by atoms with Crippen LogP contribution in [0.25, 0.3) is 0 Å². The lowest BCUT2D eigenvalue weighted by Gasteiger charge is -1.90. The molecule has 1 rings (SSSR count). The van der Waals surface area contributed by atoms with Crippen molar-refractivity contribution in [1.29, 1.82) is 0 Å². The zero-order chi connectivity index (χ0) is 7.23. The lowest BCUT2D eigenvalue weighted by Crippen LogP contribution is -1.83. The van der Waals surface area contributed by atoms with E-state index in [1.807, 2.05) is 0 Å². The van der Waals surface area contributed by atoms with E-state index in [0.717, 1.165) is 11.4 Å². The van der Waals surface area contributed by atoms with Crippen molar-refractivity contribution in [3.05, 3.63) is 5.01 Å². The second-order valence-electron chi connectivity index (χ2n) is 2.21. The highest BCUT2D eigenvalue weighted by Gasteiger charge is 1.95. The van der Waals surface area contributed by atoms with E-state index >= 15 is 0 Å². The van der Waals surface area contributed by atoms with E-state index < -0.39 is 0 Å². The zero-order valence-corrected chi connectivity index (χ0v) is 6.89.